The van der Waals surface area contributed by atoms with Crippen LogP contribution in [0.4, 0.5) is 0 Å². The van der Waals surface area contributed by atoms with E-state index in [1.807, 2.05) is 19.3 Å². The standard InChI is InChI=1S/C15H27N3O2S/c1-5-12(2)10-17(4)21(19,20)15-8-14(9-16-3)18(11-15)13-6-7-13/h8,11-13,16H,5-7,9-10H2,1-4H3. The Morgan fingerprint density at radius 3 is 2.67 bits per heavy atom. The lowest BCUT2D eigenvalue weighted by atomic mass is 10.1. The van der Waals surface area contributed by atoms with Gasteiger partial charge in [0.15, 0.2) is 0 Å². The summed E-state index contributed by atoms with van der Waals surface area (Å²) in [5, 5.41) is 3.11. The molecule has 1 aromatic heterocycles. The van der Waals surface area contributed by atoms with Crippen LogP contribution < -0.4 is 5.32 Å². The molecular formula is C15H27N3O2S. The Bertz CT molecular complexity index is 576. The van der Waals surface area contributed by atoms with Crippen molar-refractivity contribution < 1.29 is 8.42 Å². The van der Waals surface area contributed by atoms with Crippen LogP contribution in [0.1, 0.15) is 44.8 Å². The predicted molar refractivity (Wildman–Crippen MR) is 84.7 cm³/mol. The van der Waals surface area contributed by atoms with Gasteiger partial charge in [0.1, 0.15) is 4.90 Å². The number of rotatable bonds is 8. The molecule has 1 aromatic rings. The summed E-state index contributed by atoms with van der Waals surface area (Å²) in [7, 11) is 0.172. The summed E-state index contributed by atoms with van der Waals surface area (Å²) in [6, 6.07) is 2.30. The highest BCUT2D eigenvalue weighted by atomic mass is 32.2. The molecule has 1 aliphatic carbocycles. The molecule has 1 aliphatic rings. The van der Waals surface area contributed by atoms with Crippen LogP contribution in [0.15, 0.2) is 17.2 Å². The summed E-state index contributed by atoms with van der Waals surface area (Å²) in [6.07, 6.45) is 5.09. The van der Waals surface area contributed by atoms with Crippen LogP contribution in [0.3, 0.4) is 0 Å². The number of nitrogens with one attached hydrogen (secondary N) is 1. The number of aromatic nitrogens is 1. The molecule has 0 aliphatic heterocycles. The van der Waals surface area contributed by atoms with E-state index in [9.17, 15) is 8.42 Å². The summed E-state index contributed by atoms with van der Waals surface area (Å²) in [5.41, 5.74) is 1.05. The van der Waals surface area contributed by atoms with Crippen molar-refractivity contribution in [1.29, 1.82) is 0 Å². The smallest absolute Gasteiger partial charge is 0.244 e. The van der Waals surface area contributed by atoms with Crippen molar-refractivity contribution >= 4 is 10.0 Å². The van der Waals surface area contributed by atoms with Crippen LogP contribution in [0, 0.1) is 5.92 Å². The summed E-state index contributed by atoms with van der Waals surface area (Å²) < 4.78 is 29.0. The first-order valence-corrected chi connectivity index (χ1v) is 9.15. The van der Waals surface area contributed by atoms with Crippen molar-refractivity contribution in [3.05, 3.63) is 18.0 Å². The molecule has 0 amide bonds. The van der Waals surface area contributed by atoms with Crippen LogP contribution in [0.2, 0.25) is 0 Å². The van der Waals surface area contributed by atoms with E-state index in [4.69, 9.17) is 0 Å². The van der Waals surface area contributed by atoms with Crippen molar-refractivity contribution in [2.45, 2.75) is 50.6 Å². The van der Waals surface area contributed by atoms with Gasteiger partial charge >= 0.3 is 0 Å². The van der Waals surface area contributed by atoms with Crippen LogP contribution in [0.5, 0.6) is 0 Å². The molecular weight excluding hydrogens is 286 g/mol. The van der Waals surface area contributed by atoms with Gasteiger partial charge in [0, 0.05) is 38.1 Å². The Labute approximate surface area is 128 Å². The highest BCUT2D eigenvalue weighted by Crippen LogP contribution is 2.37. The molecule has 0 aromatic carbocycles. The van der Waals surface area contributed by atoms with Gasteiger partial charge in [-0.1, -0.05) is 20.3 Å². The number of hydrogen-bond donors (Lipinski definition) is 1. The second-order valence-electron chi connectivity index (χ2n) is 6.13. The molecule has 2 rings (SSSR count). The van der Waals surface area contributed by atoms with E-state index in [-0.39, 0.29) is 0 Å². The molecule has 0 spiro atoms. The van der Waals surface area contributed by atoms with E-state index < -0.39 is 10.0 Å². The molecule has 21 heavy (non-hydrogen) atoms. The quantitative estimate of drug-likeness (QED) is 0.800. The normalized spacial score (nSPS) is 17.4. The van der Waals surface area contributed by atoms with Gasteiger partial charge in [-0.05, 0) is 31.9 Å². The summed E-state index contributed by atoms with van der Waals surface area (Å²) in [4.78, 5) is 0.422. The van der Waals surface area contributed by atoms with E-state index in [2.05, 4.69) is 23.7 Å². The van der Waals surface area contributed by atoms with Crippen LogP contribution >= 0.6 is 0 Å². The van der Waals surface area contributed by atoms with Gasteiger partial charge in [0.2, 0.25) is 10.0 Å². The number of nitrogens with zero attached hydrogens (tertiary/aromatic N) is 2. The fraction of sp³-hybridized carbons (Fsp3) is 0.733. The Balaban J connectivity index is 2.25. The lowest BCUT2D eigenvalue weighted by Gasteiger charge is -2.19. The molecule has 5 nitrogen and oxygen atoms in total. The average Bonchev–Trinajstić information content (AvgIpc) is 3.19. The predicted octanol–water partition coefficient (Wildman–Crippen LogP) is 2.21. The SMILES string of the molecule is CCC(C)CN(C)S(=O)(=O)c1cc(CNC)n(C2CC2)c1. The molecule has 1 atom stereocenters. The molecule has 1 unspecified atom stereocenters. The molecule has 0 saturated heterocycles. The van der Waals surface area contributed by atoms with Crippen LogP contribution in [-0.2, 0) is 16.6 Å². The van der Waals surface area contributed by atoms with E-state index >= 15 is 0 Å². The number of sulfonamides is 1. The van der Waals surface area contributed by atoms with Gasteiger partial charge in [-0.15, -0.1) is 0 Å². The number of hydrogen-bond acceptors (Lipinski definition) is 3. The minimum atomic E-state index is -3.39. The van der Waals surface area contributed by atoms with E-state index in [0.29, 0.717) is 29.9 Å². The van der Waals surface area contributed by atoms with E-state index in [0.717, 1.165) is 25.0 Å². The fourth-order valence-electron chi connectivity index (χ4n) is 2.50. The second-order valence-corrected chi connectivity index (χ2v) is 8.18. The highest BCUT2D eigenvalue weighted by molar-refractivity contribution is 7.89. The topological polar surface area (TPSA) is 54.3 Å². The maximum Gasteiger partial charge on any atom is 0.244 e. The zero-order valence-corrected chi connectivity index (χ0v) is 14.3. The van der Waals surface area contributed by atoms with Gasteiger partial charge in [-0.25, -0.2) is 12.7 Å². The van der Waals surface area contributed by atoms with Crippen LogP contribution in [-0.4, -0.2) is 37.9 Å². The van der Waals surface area contributed by atoms with Gasteiger partial charge in [0.25, 0.3) is 0 Å². The fourth-order valence-corrected chi connectivity index (χ4v) is 3.84. The van der Waals surface area contributed by atoms with Crippen LogP contribution in [0.25, 0.3) is 0 Å². The summed E-state index contributed by atoms with van der Waals surface area (Å²) in [6.45, 7) is 5.42. The molecule has 1 heterocycles. The second kappa shape index (κ2) is 6.50. The third-order valence-electron chi connectivity index (χ3n) is 4.18. The molecule has 1 saturated carbocycles. The first kappa shape index (κ1) is 16.5. The lowest BCUT2D eigenvalue weighted by molar-refractivity contribution is 0.393. The maximum atomic E-state index is 12.7. The molecule has 6 heteroatoms. The van der Waals surface area contributed by atoms with Crippen molar-refractivity contribution in [2.24, 2.45) is 5.92 Å². The van der Waals surface area contributed by atoms with Gasteiger partial charge in [-0.3, -0.25) is 0 Å². The van der Waals surface area contributed by atoms with E-state index in [1.54, 1.807) is 7.05 Å². The molecule has 1 fully saturated rings. The Morgan fingerprint density at radius 2 is 2.14 bits per heavy atom. The van der Waals surface area contributed by atoms with E-state index in [1.165, 1.54) is 4.31 Å². The van der Waals surface area contributed by atoms with Crippen molar-refractivity contribution in [3.63, 3.8) is 0 Å². The van der Waals surface area contributed by atoms with Crippen molar-refractivity contribution in [2.75, 3.05) is 20.6 Å². The minimum Gasteiger partial charge on any atom is -0.346 e. The first-order valence-electron chi connectivity index (χ1n) is 7.71. The van der Waals surface area contributed by atoms with Crippen molar-refractivity contribution in [1.82, 2.24) is 14.2 Å². The third-order valence-corrected chi connectivity index (χ3v) is 5.97. The Morgan fingerprint density at radius 1 is 1.48 bits per heavy atom. The molecule has 120 valence electrons. The lowest BCUT2D eigenvalue weighted by Crippen LogP contribution is -2.30. The largest absolute Gasteiger partial charge is 0.346 e. The highest BCUT2D eigenvalue weighted by Gasteiger charge is 2.29. The third kappa shape index (κ3) is 3.67. The monoisotopic (exact) mass is 313 g/mol. The molecule has 1 N–H and O–H groups in total. The Kier molecular flexibility index (Phi) is 5.11. The Hall–Kier alpha value is -0.850. The molecule has 0 bridgehead atoms. The summed E-state index contributed by atoms with van der Waals surface area (Å²) >= 11 is 0. The summed E-state index contributed by atoms with van der Waals surface area (Å²) in [5.74, 6) is 0.368. The van der Waals surface area contributed by atoms with Gasteiger partial charge in [-0.2, -0.15) is 0 Å². The van der Waals surface area contributed by atoms with Gasteiger partial charge < -0.3 is 9.88 Å². The zero-order valence-electron chi connectivity index (χ0n) is 13.5. The molecule has 0 radical (unpaired) electrons. The first-order chi connectivity index (χ1) is 9.90. The van der Waals surface area contributed by atoms with Crippen molar-refractivity contribution in [3.8, 4) is 0 Å². The minimum absolute atomic E-state index is 0.368. The average molecular weight is 313 g/mol. The van der Waals surface area contributed by atoms with Gasteiger partial charge in [0.05, 0.1) is 0 Å². The maximum absolute atomic E-state index is 12.7. The zero-order chi connectivity index (χ0) is 15.6.